The lowest BCUT2D eigenvalue weighted by Gasteiger charge is -2.09. The molecule has 0 aliphatic rings. The molecule has 2 N–H and O–H groups in total. The Morgan fingerprint density at radius 1 is 1.00 bits per heavy atom. The fraction of sp³-hybridized carbons (Fsp3) is 0.150. The number of carbonyl (C=O) groups excluding carboxylic acids is 1. The molecule has 0 unspecified atom stereocenters. The van der Waals surface area contributed by atoms with Crippen LogP contribution >= 0.6 is 11.6 Å². The lowest BCUT2D eigenvalue weighted by Crippen LogP contribution is -2.13. The maximum Gasteiger partial charge on any atom is 0.258 e. The van der Waals surface area contributed by atoms with Gasteiger partial charge in [0.15, 0.2) is 0 Å². The molecule has 1 amide bonds. The van der Waals surface area contributed by atoms with E-state index in [4.69, 9.17) is 11.6 Å². The summed E-state index contributed by atoms with van der Waals surface area (Å²) in [5, 5.41) is 6.43. The van der Waals surface area contributed by atoms with Crippen LogP contribution in [0, 0.1) is 0 Å². The van der Waals surface area contributed by atoms with Crippen molar-refractivity contribution in [2.24, 2.45) is 0 Å². The van der Waals surface area contributed by atoms with Gasteiger partial charge in [-0.05, 0) is 35.7 Å². The Morgan fingerprint density at radius 3 is 2.27 bits per heavy atom. The largest absolute Gasteiger partial charge is 0.323 e. The van der Waals surface area contributed by atoms with E-state index in [2.05, 4.69) is 34.4 Å². The monoisotopic (exact) mass is 366 g/mol. The van der Waals surface area contributed by atoms with E-state index in [0.717, 1.165) is 5.69 Å². The fourth-order valence-electron chi connectivity index (χ4n) is 2.35. The first-order valence-corrected chi connectivity index (χ1v) is 8.65. The van der Waals surface area contributed by atoms with E-state index in [1.807, 2.05) is 42.5 Å². The van der Waals surface area contributed by atoms with E-state index < -0.39 is 0 Å². The molecule has 3 aromatic rings. The fourth-order valence-corrected chi connectivity index (χ4v) is 2.53. The SMILES string of the molecule is CC(C)c1ccc(NC(=O)c2cnc(Nc3ccccc3Cl)nc2)cc1. The summed E-state index contributed by atoms with van der Waals surface area (Å²) >= 11 is 6.09. The first-order valence-electron chi connectivity index (χ1n) is 8.28. The summed E-state index contributed by atoms with van der Waals surface area (Å²) in [7, 11) is 0. The zero-order valence-corrected chi connectivity index (χ0v) is 15.3. The Morgan fingerprint density at radius 2 is 1.65 bits per heavy atom. The molecular formula is C20H19ClN4O. The van der Waals surface area contributed by atoms with Crippen molar-refractivity contribution in [2.45, 2.75) is 19.8 Å². The molecule has 26 heavy (non-hydrogen) atoms. The van der Waals surface area contributed by atoms with Crippen molar-refractivity contribution < 1.29 is 4.79 Å². The van der Waals surface area contributed by atoms with Crippen molar-refractivity contribution in [1.82, 2.24) is 9.97 Å². The average molecular weight is 367 g/mol. The van der Waals surface area contributed by atoms with Gasteiger partial charge in [-0.1, -0.05) is 49.7 Å². The quantitative estimate of drug-likeness (QED) is 0.647. The topological polar surface area (TPSA) is 66.9 Å². The number of anilines is 3. The first kappa shape index (κ1) is 17.9. The Balaban J connectivity index is 1.66. The third kappa shape index (κ3) is 4.37. The van der Waals surface area contributed by atoms with Gasteiger partial charge < -0.3 is 10.6 Å². The van der Waals surface area contributed by atoms with Crippen molar-refractivity contribution in [1.29, 1.82) is 0 Å². The van der Waals surface area contributed by atoms with Gasteiger partial charge in [0.1, 0.15) is 0 Å². The van der Waals surface area contributed by atoms with Gasteiger partial charge in [0, 0.05) is 18.1 Å². The molecule has 0 saturated carbocycles. The summed E-state index contributed by atoms with van der Waals surface area (Å²) in [4.78, 5) is 20.7. The Labute approximate surface area is 157 Å². The lowest BCUT2D eigenvalue weighted by molar-refractivity contribution is 0.102. The van der Waals surface area contributed by atoms with Crippen LogP contribution in [0.2, 0.25) is 5.02 Å². The van der Waals surface area contributed by atoms with E-state index in [1.165, 1.54) is 18.0 Å². The minimum atomic E-state index is -0.258. The molecule has 1 aromatic heterocycles. The zero-order valence-electron chi connectivity index (χ0n) is 14.5. The van der Waals surface area contributed by atoms with Crippen LogP contribution in [0.3, 0.4) is 0 Å². The molecule has 5 nitrogen and oxygen atoms in total. The predicted octanol–water partition coefficient (Wildman–Crippen LogP) is 5.25. The molecule has 0 saturated heterocycles. The molecule has 0 spiro atoms. The second-order valence-electron chi connectivity index (χ2n) is 6.13. The number of hydrogen-bond acceptors (Lipinski definition) is 4. The predicted molar refractivity (Wildman–Crippen MR) is 105 cm³/mol. The van der Waals surface area contributed by atoms with Gasteiger partial charge in [-0.2, -0.15) is 0 Å². The summed E-state index contributed by atoms with van der Waals surface area (Å²) in [6.07, 6.45) is 2.95. The van der Waals surface area contributed by atoms with Gasteiger partial charge in [0.25, 0.3) is 5.91 Å². The Kier molecular flexibility index (Phi) is 5.49. The molecule has 0 bridgehead atoms. The highest BCUT2D eigenvalue weighted by Crippen LogP contribution is 2.23. The van der Waals surface area contributed by atoms with Crippen molar-refractivity contribution in [3.8, 4) is 0 Å². The molecule has 0 radical (unpaired) electrons. The van der Waals surface area contributed by atoms with Gasteiger partial charge >= 0.3 is 0 Å². The van der Waals surface area contributed by atoms with Crippen LogP contribution in [0.4, 0.5) is 17.3 Å². The molecule has 0 atom stereocenters. The standard InChI is InChI=1S/C20H19ClN4O/c1-13(2)14-7-9-16(10-8-14)24-19(26)15-11-22-20(23-12-15)25-18-6-4-3-5-17(18)21/h3-13H,1-2H3,(H,24,26)(H,22,23,25). The van der Waals surface area contributed by atoms with Crippen LogP contribution in [0.5, 0.6) is 0 Å². The third-order valence-electron chi connectivity index (χ3n) is 3.87. The summed E-state index contributed by atoms with van der Waals surface area (Å²) in [6, 6.07) is 15.1. The molecule has 0 fully saturated rings. The van der Waals surface area contributed by atoms with Gasteiger partial charge in [0.05, 0.1) is 16.3 Å². The zero-order chi connectivity index (χ0) is 18.5. The second kappa shape index (κ2) is 7.97. The minimum absolute atomic E-state index is 0.258. The number of rotatable bonds is 5. The van der Waals surface area contributed by atoms with E-state index in [0.29, 0.717) is 28.1 Å². The van der Waals surface area contributed by atoms with E-state index in [9.17, 15) is 4.79 Å². The number of hydrogen-bond donors (Lipinski definition) is 2. The maximum atomic E-state index is 12.3. The highest BCUT2D eigenvalue weighted by Gasteiger charge is 2.09. The Bertz CT molecular complexity index is 892. The molecule has 2 aromatic carbocycles. The van der Waals surface area contributed by atoms with Gasteiger partial charge in [-0.15, -0.1) is 0 Å². The normalized spacial score (nSPS) is 10.6. The highest BCUT2D eigenvalue weighted by atomic mass is 35.5. The van der Waals surface area contributed by atoms with E-state index >= 15 is 0 Å². The molecular weight excluding hydrogens is 348 g/mol. The van der Waals surface area contributed by atoms with Crippen LogP contribution in [0.1, 0.15) is 35.7 Å². The van der Waals surface area contributed by atoms with E-state index in [-0.39, 0.29) is 5.91 Å². The van der Waals surface area contributed by atoms with Crippen LogP contribution in [-0.2, 0) is 0 Å². The van der Waals surface area contributed by atoms with Crippen molar-refractivity contribution in [2.75, 3.05) is 10.6 Å². The summed E-state index contributed by atoms with van der Waals surface area (Å²) < 4.78 is 0. The van der Waals surface area contributed by atoms with Gasteiger partial charge in [-0.3, -0.25) is 4.79 Å². The number of nitrogens with zero attached hydrogens (tertiary/aromatic N) is 2. The number of halogens is 1. The van der Waals surface area contributed by atoms with Gasteiger partial charge in [-0.25, -0.2) is 9.97 Å². The molecule has 1 heterocycles. The first-order chi connectivity index (χ1) is 12.5. The van der Waals surface area contributed by atoms with Crippen molar-refractivity contribution >= 4 is 34.8 Å². The van der Waals surface area contributed by atoms with Crippen molar-refractivity contribution in [3.05, 3.63) is 77.1 Å². The smallest absolute Gasteiger partial charge is 0.258 e. The van der Waals surface area contributed by atoms with Crippen LogP contribution in [0.25, 0.3) is 0 Å². The Hall–Kier alpha value is -2.92. The average Bonchev–Trinajstić information content (AvgIpc) is 2.64. The van der Waals surface area contributed by atoms with Crippen molar-refractivity contribution in [3.63, 3.8) is 0 Å². The maximum absolute atomic E-state index is 12.3. The number of carbonyl (C=O) groups is 1. The minimum Gasteiger partial charge on any atom is -0.323 e. The molecule has 0 aliphatic heterocycles. The molecule has 3 rings (SSSR count). The summed E-state index contributed by atoms with van der Waals surface area (Å²) in [6.45, 7) is 4.26. The summed E-state index contributed by atoms with van der Waals surface area (Å²) in [5.74, 6) is 0.564. The second-order valence-corrected chi connectivity index (χ2v) is 6.54. The number of para-hydroxylation sites is 1. The molecule has 6 heteroatoms. The van der Waals surface area contributed by atoms with Crippen LogP contribution in [-0.4, -0.2) is 15.9 Å². The van der Waals surface area contributed by atoms with Crippen LogP contribution in [0.15, 0.2) is 60.9 Å². The number of nitrogens with one attached hydrogen (secondary N) is 2. The highest BCUT2D eigenvalue weighted by molar-refractivity contribution is 6.33. The number of benzene rings is 2. The molecule has 132 valence electrons. The number of aromatic nitrogens is 2. The van der Waals surface area contributed by atoms with Crippen LogP contribution < -0.4 is 10.6 Å². The number of amides is 1. The molecule has 0 aliphatic carbocycles. The summed E-state index contributed by atoms with van der Waals surface area (Å²) in [5.41, 5.74) is 3.04. The third-order valence-corrected chi connectivity index (χ3v) is 4.20. The van der Waals surface area contributed by atoms with E-state index in [1.54, 1.807) is 6.07 Å². The van der Waals surface area contributed by atoms with Gasteiger partial charge in [0.2, 0.25) is 5.95 Å². The lowest BCUT2D eigenvalue weighted by atomic mass is 10.0.